The lowest BCUT2D eigenvalue weighted by atomic mass is 9.90. The van der Waals surface area contributed by atoms with E-state index in [0.717, 1.165) is 31.6 Å². The summed E-state index contributed by atoms with van der Waals surface area (Å²) in [7, 11) is 0. The highest BCUT2D eigenvalue weighted by molar-refractivity contribution is 5.43. The van der Waals surface area contributed by atoms with E-state index in [9.17, 15) is 0 Å². The molecule has 0 radical (unpaired) electrons. The van der Waals surface area contributed by atoms with E-state index in [0.29, 0.717) is 6.04 Å². The molecule has 0 saturated carbocycles. The molecule has 1 aliphatic heterocycles. The first-order valence-electron chi connectivity index (χ1n) is 6.43. The molecular formula is C14H22N2O. The lowest BCUT2D eigenvalue weighted by Crippen LogP contribution is -2.41. The fourth-order valence-corrected chi connectivity index (χ4v) is 2.37. The normalized spacial score (nSPS) is 29.0. The highest BCUT2D eigenvalue weighted by atomic mass is 16.5. The molecule has 1 aromatic rings. The Hall–Kier alpha value is -1.09. The number of hydrogen-bond donors (Lipinski definition) is 1. The third-order valence-corrected chi connectivity index (χ3v) is 3.59. The van der Waals surface area contributed by atoms with E-state index in [1.54, 1.807) is 0 Å². The highest BCUT2D eigenvalue weighted by Crippen LogP contribution is 2.29. The van der Waals surface area contributed by atoms with Crippen LogP contribution in [0.1, 0.15) is 38.7 Å². The Morgan fingerprint density at radius 2 is 2.35 bits per heavy atom. The summed E-state index contributed by atoms with van der Waals surface area (Å²) >= 11 is 0. The van der Waals surface area contributed by atoms with E-state index in [1.807, 2.05) is 12.4 Å². The summed E-state index contributed by atoms with van der Waals surface area (Å²) in [5.74, 6) is 0. The van der Waals surface area contributed by atoms with E-state index < -0.39 is 0 Å². The summed E-state index contributed by atoms with van der Waals surface area (Å²) in [4.78, 5) is 4.21. The van der Waals surface area contributed by atoms with Crippen LogP contribution in [-0.4, -0.2) is 23.2 Å². The summed E-state index contributed by atoms with van der Waals surface area (Å²) in [6, 6.07) is 2.64. The maximum atomic E-state index is 5.85. The zero-order chi connectivity index (χ0) is 12.3. The van der Waals surface area contributed by atoms with Crippen LogP contribution >= 0.6 is 0 Å². The van der Waals surface area contributed by atoms with Crippen LogP contribution in [0.3, 0.4) is 0 Å². The minimum absolute atomic E-state index is 0.0349. The Balaban J connectivity index is 1.99. The Morgan fingerprint density at radius 1 is 1.53 bits per heavy atom. The van der Waals surface area contributed by atoms with Crippen molar-refractivity contribution in [3.8, 4) is 0 Å². The fraction of sp³-hybridized carbons (Fsp3) is 0.643. The van der Waals surface area contributed by atoms with Crippen LogP contribution < -0.4 is 5.32 Å². The van der Waals surface area contributed by atoms with Gasteiger partial charge in [0.25, 0.3) is 0 Å². The minimum Gasteiger partial charge on any atom is -0.381 e. The number of aromatic nitrogens is 1. The second-order valence-electron chi connectivity index (χ2n) is 5.24. The lowest BCUT2D eigenvalue weighted by molar-refractivity contribution is -0.0708. The van der Waals surface area contributed by atoms with Crippen molar-refractivity contribution in [1.82, 2.24) is 4.98 Å². The van der Waals surface area contributed by atoms with Crippen molar-refractivity contribution in [3.63, 3.8) is 0 Å². The number of hydrogen-bond acceptors (Lipinski definition) is 3. The zero-order valence-electron chi connectivity index (χ0n) is 11.0. The minimum atomic E-state index is 0.0349. The van der Waals surface area contributed by atoms with Crippen molar-refractivity contribution in [1.29, 1.82) is 0 Å². The van der Waals surface area contributed by atoms with Gasteiger partial charge in [-0.2, -0.15) is 0 Å². The Morgan fingerprint density at radius 3 is 3.06 bits per heavy atom. The summed E-state index contributed by atoms with van der Waals surface area (Å²) < 4.78 is 5.85. The molecule has 3 nitrogen and oxygen atoms in total. The van der Waals surface area contributed by atoms with Crippen molar-refractivity contribution in [2.45, 2.75) is 51.7 Å². The van der Waals surface area contributed by atoms with Crippen molar-refractivity contribution >= 4 is 5.69 Å². The first-order valence-corrected chi connectivity index (χ1v) is 6.43. The van der Waals surface area contributed by atoms with Crippen molar-refractivity contribution in [2.24, 2.45) is 0 Å². The number of anilines is 1. The first-order chi connectivity index (χ1) is 8.11. The topological polar surface area (TPSA) is 34.2 Å². The maximum absolute atomic E-state index is 5.85. The molecule has 1 saturated heterocycles. The molecule has 2 heterocycles. The van der Waals surface area contributed by atoms with Crippen LogP contribution in [0.15, 0.2) is 18.5 Å². The molecule has 3 heteroatoms. The van der Waals surface area contributed by atoms with Gasteiger partial charge >= 0.3 is 0 Å². The summed E-state index contributed by atoms with van der Waals surface area (Å²) in [5, 5.41) is 3.57. The van der Waals surface area contributed by atoms with Gasteiger partial charge in [0.15, 0.2) is 0 Å². The van der Waals surface area contributed by atoms with Crippen LogP contribution in [0.5, 0.6) is 0 Å². The average Bonchev–Trinajstić information content (AvgIpc) is 2.29. The van der Waals surface area contributed by atoms with Crippen LogP contribution in [-0.2, 0) is 4.74 Å². The van der Waals surface area contributed by atoms with E-state index in [1.165, 1.54) is 5.56 Å². The molecule has 2 unspecified atom stereocenters. The maximum Gasteiger partial charge on any atom is 0.0671 e. The largest absolute Gasteiger partial charge is 0.381 e. The number of nitrogens with zero attached hydrogens (tertiary/aromatic N) is 1. The third-order valence-electron chi connectivity index (χ3n) is 3.59. The van der Waals surface area contributed by atoms with Crippen LogP contribution in [0.2, 0.25) is 0 Å². The fourth-order valence-electron chi connectivity index (χ4n) is 2.37. The standard InChI is InChI=1S/C14H22N2O/c1-4-14(3)8-12(5-6-17-14)16-13-7-11(2)9-15-10-13/h7,9-10,12,16H,4-6,8H2,1-3H3. The molecule has 1 aliphatic rings. The average molecular weight is 234 g/mol. The van der Waals surface area contributed by atoms with Gasteiger partial charge in [-0.3, -0.25) is 4.98 Å². The number of ether oxygens (including phenoxy) is 1. The Bertz CT molecular complexity index is 380. The predicted octanol–water partition coefficient (Wildman–Crippen LogP) is 3.15. The number of aryl methyl sites for hydroxylation is 1. The van der Waals surface area contributed by atoms with Crippen LogP contribution in [0.4, 0.5) is 5.69 Å². The first kappa shape index (κ1) is 12.4. The molecule has 1 N–H and O–H groups in total. The smallest absolute Gasteiger partial charge is 0.0671 e. The zero-order valence-corrected chi connectivity index (χ0v) is 11.0. The van der Waals surface area contributed by atoms with Crippen molar-refractivity contribution in [2.75, 3.05) is 11.9 Å². The van der Waals surface area contributed by atoms with Gasteiger partial charge < -0.3 is 10.1 Å². The molecule has 1 aromatic heterocycles. The van der Waals surface area contributed by atoms with Crippen molar-refractivity contribution < 1.29 is 4.74 Å². The SMILES string of the molecule is CCC1(C)CC(Nc2cncc(C)c2)CCO1. The second kappa shape index (κ2) is 5.05. The highest BCUT2D eigenvalue weighted by Gasteiger charge is 2.31. The van der Waals surface area contributed by atoms with Gasteiger partial charge in [0, 0.05) is 25.0 Å². The molecular weight excluding hydrogens is 212 g/mol. The Labute approximate surface area is 104 Å². The third kappa shape index (κ3) is 3.19. The number of rotatable bonds is 3. The van der Waals surface area contributed by atoms with Gasteiger partial charge in [0.1, 0.15) is 0 Å². The van der Waals surface area contributed by atoms with Crippen LogP contribution in [0, 0.1) is 6.92 Å². The summed E-state index contributed by atoms with van der Waals surface area (Å²) in [6.07, 6.45) is 6.98. The molecule has 2 atom stereocenters. The molecule has 17 heavy (non-hydrogen) atoms. The molecule has 2 rings (SSSR count). The monoisotopic (exact) mass is 234 g/mol. The van der Waals surface area contributed by atoms with Crippen molar-refractivity contribution in [3.05, 3.63) is 24.0 Å². The number of pyridine rings is 1. The van der Waals surface area contributed by atoms with Gasteiger partial charge in [-0.15, -0.1) is 0 Å². The molecule has 1 fully saturated rings. The van der Waals surface area contributed by atoms with E-state index in [2.05, 4.69) is 37.1 Å². The van der Waals surface area contributed by atoms with Crippen LogP contribution in [0.25, 0.3) is 0 Å². The van der Waals surface area contributed by atoms with Gasteiger partial charge in [-0.25, -0.2) is 0 Å². The molecule has 0 bridgehead atoms. The molecule has 0 amide bonds. The van der Waals surface area contributed by atoms with Gasteiger partial charge in [-0.1, -0.05) is 6.92 Å². The second-order valence-corrected chi connectivity index (χ2v) is 5.24. The quantitative estimate of drug-likeness (QED) is 0.872. The van der Waals surface area contributed by atoms with Gasteiger partial charge in [0.05, 0.1) is 11.3 Å². The summed E-state index contributed by atoms with van der Waals surface area (Å²) in [6.45, 7) is 7.31. The van der Waals surface area contributed by atoms with Gasteiger partial charge in [-0.05, 0) is 44.7 Å². The van der Waals surface area contributed by atoms with E-state index in [-0.39, 0.29) is 5.60 Å². The Kier molecular flexibility index (Phi) is 3.67. The molecule has 0 aromatic carbocycles. The lowest BCUT2D eigenvalue weighted by Gasteiger charge is -2.38. The van der Waals surface area contributed by atoms with E-state index in [4.69, 9.17) is 4.74 Å². The van der Waals surface area contributed by atoms with Gasteiger partial charge in [0.2, 0.25) is 0 Å². The van der Waals surface area contributed by atoms with E-state index >= 15 is 0 Å². The predicted molar refractivity (Wildman–Crippen MR) is 70.3 cm³/mol. The molecule has 0 spiro atoms. The number of nitrogens with one attached hydrogen (secondary N) is 1. The molecule has 0 aliphatic carbocycles. The molecule has 94 valence electrons. The summed E-state index contributed by atoms with van der Waals surface area (Å²) in [5.41, 5.74) is 2.35.